The molecule has 0 amide bonds. The Morgan fingerprint density at radius 1 is 1.91 bits per heavy atom. The number of nitrogens with two attached hydrogens (primary N) is 1. The molecular weight excluding hydrogens is 142 g/mol. The standard InChI is InChI=1S/C8H13NO2/c1-2-8(7(10)11)4-3-6(9)5-8/h3-4,6H,2,5,9H2,1H3,(H,10,11)/t6-,8+/m0/s1. The Kier molecular flexibility index (Phi) is 2.00. The first-order chi connectivity index (χ1) is 5.10. The molecule has 0 radical (unpaired) electrons. The van der Waals surface area contributed by atoms with Crippen LogP contribution in [-0.2, 0) is 4.79 Å². The van der Waals surface area contributed by atoms with Crippen molar-refractivity contribution >= 4 is 5.97 Å². The summed E-state index contributed by atoms with van der Waals surface area (Å²) in [5, 5.41) is 8.87. The molecule has 0 fully saturated rings. The first-order valence-corrected chi connectivity index (χ1v) is 3.79. The zero-order valence-corrected chi connectivity index (χ0v) is 6.58. The largest absolute Gasteiger partial charge is 0.481 e. The molecule has 3 heteroatoms. The minimum Gasteiger partial charge on any atom is -0.481 e. The third kappa shape index (κ3) is 1.28. The van der Waals surface area contributed by atoms with Crippen LogP contribution in [0.4, 0.5) is 0 Å². The van der Waals surface area contributed by atoms with Crippen LogP contribution in [0.5, 0.6) is 0 Å². The van der Waals surface area contributed by atoms with Crippen molar-refractivity contribution in [2.75, 3.05) is 0 Å². The highest BCUT2D eigenvalue weighted by molar-refractivity contribution is 5.77. The topological polar surface area (TPSA) is 63.3 Å². The Labute approximate surface area is 65.9 Å². The minimum atomic E-state index is -0.760. The maximum absolute atomic E-state index is 10.8. The SMILES string of the molecule is CC[C@@]1(C(=O)O)C=C[C@H](N)C1. The van der Waals surface area contributed by atoms with E-state index in [4.69, 9.17) is 10.8 Å². The number of carboxylic acid groups (broad SMARTS) is 1. The average Bonchev–Trinajstić information content (AvgIpc) is 2.33. The van der Waals surface area contributed by atoms with Crippen LogP contribution in [0.15, 0.2) is 12.2 Å². The summed E-state index contributed by atoms with van der Waals surface area (Å²) in [7, 11) is 0. The zero-order valence-electron chi connectivity index (χ0n) is 6.58. The summed E-state index contributed by atoms with van der Waals surface area (Å²) in [5.74, 6) is -0.760. The quantitative estimate of drug-likeness (QED) is 0.578. The maximum Gasteiger partial charge on any atom is 0.313 e. The van der Waals surface area contributed by atoms with E-state index in [2.05, 4.69) is 0 Å². The third-order valence-electron chi connectivity index (χ3n) is 2.32. The predicted octanol–water partition coefficient (Wildman–Crippen LogP) is 0.755. The van der Waals surface area contributed by atoms with Crippen LogP contribution in [0, 0.1) is 5.41 Å². The van der Waals surface area contributed by atoms with Gasteiger partial charge < -0.3 is 10.8 Å². The molecule has 0 saturated heterocycles. The summed E-state index contributed by atoms with van der Waals surface area (Å²) >= 11 is 0. The first kappa shape index (κ1) is 8.27. The molecule has 0 spiro atoms. The van der Waals surface area contributed by atoms with E-state index < -0.39 is 11.4 Å². The molecule has 3 nitrogen and oxygen atoms in total. The van der Waals surface area contributed by atoms with Crippen LogP contribution in [0.2, 0.25) is 0 Å². The van der Waals surface area contributed by atoms with Gasteiger partial charge in [-0.3, -0.25) is 4.79 Å². The number of carboxylic acids is 1. The van der Waals surface area contributed by atoms with E-state index in [0.717, 1.165) is 0 Å². The van der Waals surface area contributed by atoms with Gasteiger partial charge in [0.25, 0.3) is 0 Å². The highest BCUT2D eigenvalue weighted by Gasteiger charge is 2.38. The minimum absolute atomic E-state index is 0.0777. The fourth-order valence-corrected chi connectivity index (χ4v) is 1.44. The molecular formula is C8H13NO2. The molecule has 1 aliphatic carbocycles. The second kappa shape index (κ2) is 2.66. The normalized spacial score (nSPS) is 36.0. The smallest absolute Gasteiger partial charge is 0.313 e. The van der Waals surface area contributed by atoms with E-state index in [9.17, 15) is 4.79 Å². The van der Waals surface area contributed by atoms with Gasteiger partial charge in [-0.15, -0.1) is 0 Å². The molecule has 2 atom stereocenters. The molecule has 0 aromatic carbocycles. The lowest BCUT2D eigenvalue weighted by Crippen LogP contribution is -2.30. The Morgan fingerprint density at radius 2 is 2.55 bits per heavy atom. The van der Waals surface area contributed by atoms with E-state index >= 15 is 0 Å². The van der Waals surface area contributed by atoms with Crippen LogP contribution in [-0.4, -0.2) is 17.1 Å². The van der Waals surface area contributed by atoms with Crippen LogP contribution in [0.1, 0.15) is 19.8 Å². The molecule has 1 rings (SSSR count). The van der Waals surface area contributed by atoms with Gasteiger partial charge in [-0.2, -0.15) is 0 Å². The summed E-state index contributed by atoms with van der Waals surface area (Å²) in [6.07, 6.45) is 4.66. The molecule has 0 bridgehead atoms. The molecule has 0 unspecified atom stereocenters. The molecule has 0 aromatic rings. The lowest BCUT2D eigenvalue weighted by atomic mass is 9.84. The molecule has 0 aliphatic heterocycles. The van der Waals surface area contributed by atoms with Crippen molar-refractivity contribution in [3.8, 4) is 0 Å². The van der Waals surface area contributed by atoms with Gasteiger partial charge in [0, 0.05) is 6.04 Å². The maximum atomic E-state index is 10.8. The van der Waals surface area contributed by atoms with E-state index in [-0.39, 0.29) is 6.04 Å². The van der Waals surface area contributed by atoms with Crippen LogP contribution < -0.4 is 5.73 Å². The van der Waals surface area contributed by atoms with Crippen LogP contribution in [0.3, 0.4) is 0 Å². The Bertz CT molecular complexity index is 200. The number of hydrogen-bond donors (Lipinski definition) is 2. The lowest BCUT2D eigenvalue weighted by molar-refractivity contribution is -0.146. The molecule has 3 N–H and O–H groups in total. The summed E-state index contributed by atoms with van der Waals surface area (Å²) in [6, 6.07) is -0.0777. The second-order valence-electron chi connectivity index (χ2n) is 3.04. The van der Waals surface area contributed by atoms with Crippen molar-refractivity contribution in [1.82, 2.24) is 0 Å². The van der Waals surface area contributed by atoms with Crippen molar-refractivity contribution < 1.29 is 9.90 Å². The fraction of sp³-hybridized carbons (Fsp3) is 0.625. The molecule has 0 heterocycles. The summed E-state index contributed by atoms with van der Waals surface area (Å²) in [4.78, 5) is 10.8. The van der Waals surface area contributed by atoms with E-state index in [1.807, 2.05) is 6.92 Å². The van der Waals surface area contributed by atoms with Crippen LogP contribution in [0.25, 0.3) is 0 Å². The number of hydrogen-bond acceptors (Lipinski definition) is 2. The monoisotopic (exact) mass is 155 g/mol. The second-order valence-corrected chi connectivity index (χ2v) is 3.04. The first-order valence-electron chi connectivity index (χ1n) is 3.79. The average molecular weight is 155 g/mol. The van der Waals surface area contributed by atoms with Gasteiger partial charge in [-0.1, -0.05) is 19.1 Å². The van der Waals surface area contributed by atoms with Crippen LogP contribution >= 0.6 is 0 Å². The van der Waals surface area contributed by atoms with Gasteiger partial charge in [0.15, 0.2) is 0 Å². The van der Waals surface area contributed by atoms with E-state index in [1.165, 1.54) is 0 Å². The molecule has 62 valence electrons. The number of aliphatic carboxylic acids is 1. The van der Waals surface area contributed by atoms with E-state index in [0.29, 0.717) is 12.8 Å². The number of rotatable bonds is 2. The van der Waals surface area contributed by atoms with Gasteiger partial charge in [0.1, 0.15) is 0 Å². The van der Waals surface area contributed by atoms with Crippen molar-refractivity contribution in [3.05, 3.63) is 12.2 Å². The Hall–Kier alpha value is -0.830. The van der Waals surface area contributed by atoms with E-state index in [1.54, 1.807) is 12.2 Å². The predicted molar refractivity (Wildman–Crippen MR) is 42.1 cm³/mol. The zero-order chi connectivity index (χ0) is 8.48. The number of carbonyl (C=O) groups is 1. The molecule has 11 heavy (non-hydrogen) atoms. The lowest BCUT2D eigenvalue weighted by Gasteiger charge is -2.20. The van der Waals surface area contributed by atoms with Crippen molar-refractivity contribution in [1.29, 1.82) is 0 Å². The van der Waals surface area contributed by atoms with Gasteiger partial charge in [0.05, 0.1) is 5.41 Å². The molecule has 0 aromatic heterocycles. The summed E-state index contributed by atoms with van der Waals surface area (Å²) in [6.45, 7) is 1.87. The Morgan fingerprint density at radius 3 is 2.73 bits per heavy atom. The highest BCUT2D eigenvalue weighted by atomic mass is 16.4. The third-order valence-corrected chi connectivity index (χ3v) is 2.32. The van der Waals surface area contributed by atoms with Crippen molar-refractivity contribution in [3.63, 3.8) is 0 Å². The van der Waals surface area contributed by atoms with Crippen molar-refractivity contribution in [2.24, 2.45) is 11.1 Å². The molecule has 0 saturated carbocycles. The van der Waals surface area contributed by atoms with Gasteiger partial charge >= 0.3 is 5.97 Å². The highest BCUT2D eigenvalue weighted by Crippen LogP contribution is 2.34. The Balaban J connectivity index is 2.80. The summed E-state index contributed by atoms with van der Waals surface area (Å²) in [5.41, 5.74) is 4.89. The van der Waals surface area contributed by atoms with Crippen molar-refractivity contribution in [2.45, 2.75) is 25.8 Å². The van der Waals surface area contributed by atoms with Gasteiger partial charge in [-0.25, -0.2) is 0 Å². The van der Waals surface area contributed by atoms with Gasteiger partial charge in [0.2, 0.25) is 0 Å². The summed E-state index contributed by atoms with van der Waals surface area (Å²) < 4.78 is 0. The molecule has 1 aliphatic rings. The fourth-order valence-electron chi connectivity index (χ4n) is 1.44. The van der Waals surface area contributed by atoms with Gasteiger partial charge in [-0.05, 0) is 12.8 Å².